The van der Waals surface area contributed by atoms with Crippen LogP contribution in [0.4, 0.5) is 0 Å². The maximum absolute atomic E-state index is 12.9. The molecule has 1 saturated carbocycles. The van der Waals surface area contributed by atoms with Crippen molar-refractivity contribution in [1.29, 1.82) is 0 Å². The van der Waals surface area contributed by atoms with Gasteiger partial charge in [0.2, 0.25) is 5.91 Å². The van der Waals surface area contributed by atoms with E-state index in [4.69, 9.17) is 0 Å². The van der Waals surface area contributed by atoms with Crippen molar-refractivity contribution < 1.29 is 14.7 Å². The topological polar surface area (TPSA) is 60.9 Å². The Balaban J connectivity index is 1.30. The van der Waals surface area contributed by atoms with Crippen LogP contribution in [-0.4, -0.2) is 58.5 Å². The molecule has 33 heavy (non-hydrogen) atoms. The minimum Gasteiger partial charge on any atom is -0.394 e. The van der Waals surface area contributed by atoms with Crippen molar-refractivity contribution in [2.24, 2.45) is 5.92 Å². The number of aliphatic hydroxyl groups is 1. The molecule has 5 rings (SSSR count). The van der Waals surface area contributed by atoms with E-state index in [2.05, 4.69) is 24.0 Å². The highest BCUT2D eigenvalue weighted by molar-refractivity contribution is 5.97. The van der Waals surface area contributed by atoms with E-state index in [-0.39, 0.29) is 43.0 Å². The molecular weight excluding hydrogens is 412 g/mol. The SMILES string of the molecule is O=C(c1ccccc1)N1CC(=O)N2[C@H](CO)[C@@H](c3ccc(C#CCC4CCCC4)cc3)[C@@H]2C1. The molecule has 2 aromatic rings. The van der Waals surface area contributed by atoms with Gasteiger partial charge in [-0.1, -0.05) is 55.0 Å². The van der Waals surface area contributed by atoms with E-state index in [0.29, 0.717) is 12.1 Å². The van der Waals surface area contributed by atoms with Crippen LogP contribution >= 0.6 is 0 Å². The Bertz CT molecular complexity index is 1060. The number of fused-ring (bicyclic) bond motifs is 1. The molecule has 2 aromatic carbocycles. The van der Waals surface area contributed by atoms with Crippen LogP contribution in [0.3, 0.4) is 0 Å². The first-order chi connectivity index (χ1) is 16.2. The molecule has 5 heteroatoms. The van der Waals surface area contributed by atoms with Gasteiger partial charge in [0.05, 0.1) is 18.7 Å². The molecule has 3 fully saturated rings. The summed E-state index contributed by atoms with van der Waals surface area (Å²) in [6.07, 6.45) is 6.25. The van der Waals surface area contributed by atoms with Gasteiger partial charge in [0.1, 0.15) is 6.54 Å². The zero-order valence-corrected chi connectivity index (χ0v) is 18.8. The minimum absolute atomic E-state index is 0.00539. The third kappa shape index (κ3) is 4.28. The fourth-order valence-electron chi connectivity index (χ4n) is 5.72. The Morgan fingerprint density at radius 1 is 1.03 bits per heavy atom. The molecule has 1 N–H and O–H groups in total. The van der Waals surface area contributed by atoms with E-state index in [1.54, 1.807) is 21.9 Å². The van der Waals surface area contributed by atoms with Crippen molar-refractivity contribution in [1.82, 2.24) is 9.80 Å². The first-order valence-corrected chi connectivity index (χ1v) is 12.0. The summed E-state index contributed by atoms with van der Waals surface area (Å²) in [4.78, 5) is 29.2. The lowest BCUT2D eigenvalue weighted by molar-refractivity contribution is -0.159. The molecule has 3 atom stereocenters. The number of aliphatic hydroxyl groups excluding tert-OH is 1. The highest BCUT2D eigenvalue weighted by atomic mass is 16.3. The van der Waals surface area contributed by atoms with Gasteiger partial charge < -0.3 is 14.9 Å². The van der Waals surface area contributed by atoms with Gasteiger partial charge in [-0.15, -0.1) is 0 Å². The Labute approximate surface area is 195 Å². The summed E-state index contributed by atoms with van der Waals surface area (Å²) in [6.45, 7) is 0.453. The molecule has 2 heterocycles. The standard InChI is InChI=1S/C28H30N2O3/c31-19-25-27(22-15-13-21(14-16-22)10-6-9-20-7-4-5-8-20)24-17-29(18-26(32)30(24)25)28(33)23-11-2-1-3-12-23/h1-3,11-16,20,24-25,27,31H,4-5,7-9,17-19H2/t24-,25+,27-/m0/s1. The van der Waals surface area contributed by atoms with E-state index in [1.165, 1.54) is 25.7 Å². The number of piperazine rings is 1. The van der Waals surface area contributed by atoms with Gasteiger partial charge in [-0.25, -0.2) is 0 Å². The zero-order chi connectivity index (χ0) is 22.8. The summed E-state index contributed by atoms with van der Waals surface area (Å²) in [5.74, 6) is 7.17. The van der Waals surface area contributed by atoms with Crippen molar-refractivity contribution in [3.05, 3.63) is 71.3 Å². The molecule has 0 unspecified atom stereocenters. The number of carbonyl (C=O) groups excluding carboxylic acids is 2. The Morgan fingerprint density at radius 2 is 1.76 bits per heavy atom. The van der Waals surface area contributed by atoms with Gasteiger partial charge in [-0.2, -0.15) is 0 Å². The monoisotopic (exact) mass is 442 g/mol. The van der Waals surface area contributed by atoms with Gasteiger partial charge in [-0.3, -0.25) is 9.59 Å². The van der Waals surface area contributed by atoms with Crippen LogP contribution < -0.4 is 0 Å². The normalized spacial score (nSPS) is 24.6. The highest BCUT2D eigenvalue weighted by Crippen LogP contribution is 2.43. The molecule has 1 aliphatic carbocycles. The van der Waals surface area contributed by atoms with Gasteiger partial charge >= 0.3 is 0 Å². The molecule has 5 nitrogen and oxygen atoms in total. The Kier molecular flexibility index (Phi) is 6.20. The molecule has 170 valence electrons. The summed E-state index contributed by atoms with van der Waals surface area (Å²) in [5.41, 5.74) is 2.67. The first-order valence-electron chi connectivity index (χ1n) is 12.0. The molecule has 0 bridgehead atoms. The maximum atomic E-state index is 12.9. The number of nitrogens with zero attached hydrogens (tertiary/aromatic N) is 2. The summed E-state index contributed by atoms with van der Waals surface area (Å²) in [6, 6.07) is 16.9. The second kappa shape index (κ2) is 9.41. The number of carbonyl (C=O) groups is 2. The van der Waals surface area contributed by atoms with Gasteiger partial charge in [0.15, 0.2) is 0 Å². The van der Waals surface area contributed by atoms with Crippen LogP contribution in [0.5, 0.6) is 0 Å². The fraction of sp³-hybridized carbons (Fsp3) is 0.429. The van der Waals surface area contributed by atoms with Gasteiger partial charge in [-0.05, 0) is 48.6 Å². The molecule has 2 saturated heterocycles. The highest BCUT2D eigenvalue weighted by Gasteiger charge is 2.54. The Hall–Kier alpha value is -3.10. The van der Waals surface area contributed by atoms with Crippen LogP contribution in [0.15, 0.2) is 54.6 Å². The fourth-order valence-corrected chi connectivity index (χ4v) is 5.72. The van der Waals surface area contributed by atoms with Crippen LogP contribution in [0.2, 0.25) is 0 Å². The molecule has 2 amide bonds. The molecule has 0 spiro atoms. The minimum atomic E-state index is -0.240. The lowest BCUT2D eigenvalue weighted by Gasteiger charge is -2.58. The average molecular weight is 443 g/mol. The smallest absolute Gasteiger partial charge is 0.254 e. The molecular formula is C28H30N2O3. The first kappa shape index (κ1) is 21.7. The molecule has 0 aromatic heterocycles. The van der Waals surface area contributed by atoms with E-state index in [1.807, 2.05) is 30.3 Å². The van der Waals surface area contributed by atoms with Crippen molar-refractivity contribution in [2.75, 3.05) is 19.7 Å². The van der Waals surface area contributed by atoms with Crippen LogP contribution in [-0.2, 0) is 4.79 Å². The van der Waals surface area contributed by atoms with Crippen molar-refractivity contribution in [3.8, 4) is 11.8 Å². The molecule has 2 aliphatic heterocycles. The number of benzene rings is 2. The number of amides is 2. The number of hydrogen-bond acceptors (Lipinski definition) is 3. The summed E-state index contributed by atoms with van der Waals surface area (Å²) < 4.78 is 0. The maximum Gasteiger partial charge on any atom is 0.254 e. The van der Waals surface area contributed by atoms with Gasteiger partial charge in [0, 0.05) is 30.0 Å². The van der Waals surface area contributed by atoms with Crippen LogP contribution in [0, 0.1) is 17.8 Å². The van der Waals surface area contributed by atoms with E-state index < -0.39 is 0 Å². The lowest BCUT2D eigenvalue weighted by atomic mass is 9.73. The molecule has 0 radical (unpaired) electrons. The predicted molar refractivity (Wildman–Crippen MR) is 126 cm³/mol. The number of hydrogen-bond donors (Lipinski definition) is 1. The van der Waals surface area contributed by atoms with E-state index in [9.17, 15) is 14.7 Å². The number of rotatable bonds is 4. The average Bonchev–Trinajstić information content (AvgIpc) is 3.35. The summed E-state index contributed by atoms with van der Waals surface area (Å²) >= 11 is 0. The lowest BCUT2D eigenvalue weighted by Crippen LogP contribution is -2.73. The largest absolute Gasteiger partial charge is 0.394 e. The summed E-state index contributed by atoms with van der Waals surface area (Å²) in [5, 5.41) is 10.0. The third-order valence-electron chi connectivity index (χ3n) is 7.45. The van der Waals surface area contributed by atoms with E-state index >= 15 is 0 Å². The predicted octanol–water partition coefficient (Wildman–Crippen LogP) is 3.43. The van der Waals surface area contributed by atoms with Crippen molar-refractivity contribution in [3.63, 3.8) is 0 Å². The second-order valence-corrected chi connectivity index (χ2v) is 9.47. The van der Waals surface area contributed by atoms with Crippen molar-refractivity contribution >= 4 is 11.8 Å². The second-order valence-electron chi connectivity index (χ2n) is 9.47. The van der Waals surface area contributed by atoms with E-state index in [0.717, 1.165) is 23.5 Å². The zero-order valence-electron chi connectivity index (χ0n) is 18.8. The molecule has 3 aliphatic rings. The third-order valence-corrected chi connectivity index (χ3v) is 7.45. The van der Waals surface area contributed by atoms with Crippen LogP contribution in [0.25, 0.3) is 0 Å². The Morgan fingerprint density at radius 3 is 2.45 bits per heavy atom. The quantitative estimate of drug-likeness (QED) is 0.738. The summed E-state index contributed by atoms with van der Waals surface area (Å²) in [7, 11) is 0. The van der Waals surface area contributed by atoms with Crippen molar-refractivity contribution in [2.45, 2.75) is 50.1 Å². The van der Waals surface area contributed by atoms with Gasteiger partial charge in [0.25, 0.3) is 5.91 Å². The van der Waals surface area contributed by atoms with Crippen LogP contribution in [0.1, 0.15) is 59.5 Å².